The third-order valence-corrected chi connectivity index (χ3v) is 2.93. The highest BCUT2D eigenvalue weighted by Crippen LogP contribution is 2.37. The van der Waals surface area contributed by atoms with Crippen LogP contribution in [-0.4, -0.2) is 24.8 Å². The van der Waals surface area contributed by atoms with E-state index in [1.54, 1.807) is 0 Å². The van der Waals surface area contributed by atoms with Gasteiger partial charge >= 0.3 is 0 Å². The predicted octanol–water partition coefficient (Wildman–Crippen LogP) is 1.90. The Morgan fingerprint density at radius 3 is 2.43 bits per heavy atom. The molecule has 1 spiro atoms. The summed E-state index contributed by atoms with van der Waals surface area (Å²) in [5.74, 6) is -0.291. The maximum absolute atomic E-state index is 11.3. The Morgan fingerprint density at radius 2 is 1.86 bits per heavy atom. The third-order valence-electron chi connectivity index (χ3n) is 2.93. The molecule has 0 atom stereocenters. The van der Waals surface area contributed by atoms with Crippen molar-refractivity contribution in [3.8, 4) is 0 Å². The minimum atomic E-state index is -0.565. The highest BCUT2D eigenvalue weighted by molar-refractivity contribution is 5.80. The first-order valence-electron chi connectivity index (χ1n) is 5.31. The number of hydrogen-bond acceptors (Lipinski definition) is 3. The van der Waals surface area contributed by atoms with Crippen LogP contribution in [0.5, 0.6) is 0 Å². The van der Waals surface area contributed by atoms with Gasteiger partial charge in [-0.3, -0.25) is 4.79 Å². The van der Waals surface area contributed by atoms with Gasteiger partial charge in [0.15, 0.2) is 5.79 Å². The second-order valence-electron chi connectivity index (χ2n) is 5.22. The number of rotatable bonds is 0. The van der Waals surface area contributed by atoms with E-state index in [1.165, 1.54) is 0 Å². The molecule has 0 aromatic heterocycles. The van der Waals surface area contributed by atoms with Crippen molar-refractivity contribution in [2.75, 3.05) is 13.2 Å². The Bertz CT molecular complexity index is 235. The van der Waals surface area contributed by atoms with Gasteiger partial charge in [0.1, 0.15) is 5.78 Å². The van der Waals surface area contributed by atoms with E-state index < -0.39 is 5.79 Å². The Balaban J connectivity index is 2.01. The van der Waals surface area contributed by atoms with Crippen molar-refractivity contribution in [1.82, 2.24) is 0 Å². The molecule has 1 saturated heterocycles. The largest absolute Gasteiger partial charge is 0.349 e. The first-order chi connectivity index (χ1) is 6.52. The van der Waals surface area contributed by atoms with E-state index >= 15 is 0 Å². The minimum Gasteiger partial charge on any atom is -0.349 e. The van der Waals surface area contributed by atoms with E-state index in [9.17, 15) is 4.79 Å². The molecule has 2 fully saturated rings. The van der Waals surface area contributed by atoms with Crippen LogP contribution in [-0.2, 0) is 14.3 Å². The van der Waals surface area contributed by atoms with E-state index in [1.807, 2.05) is 0 Å². The summed E-state index contributed by atoms with van der Waals surface area (Å²) in [6, 6.07) is 0. The van der Waals surface area contributed by atoms with Gasteiger partial charge < -0.3 is 9.47 Å². The summed E-state index contributed by atoms with van der Waals surface area (Å²) in [7, 11) is 0. The van der Waals surface area contributed by atoms with Crippen molar-refractivity contribution in [3.05, 3.63) is 0 Å². The molecule has 1 saturated carbocycles. The molecule has 3 heteroatoms. The van der Waals surface area contributed by atoms with E-state index in [0.29, 0.717) is 26.1 Å². The first-order valence-corrected chi connectivity index (χ1v) is 5.31. The Labute approximate surface area is 84.8 Å². The van der Waals surface area contributed by atoms with Crippen LogP contribution in [0, 0.1) is 5.41 Å². The zero-order valence-corrected chi connectivity index (χ0v) is 8.97. The molecule has 0 aromatic rings. The zero-order chi connectivity index (χ0) is 10.2. The van der Waals surface area contributed by atoms with Crippen molar-refractivity contribution < 1.29 is 14.3 Å². The van der Waals surface area contributed by atoms with Crippen molar-refractivity contribution in [1.29, 1.82) is 0 Å². The van der Waals surface area contributed by atoms with Crippen LogP contribution in [0.15, 0.2) is 0 Å². The number of carbonyl (C=O) groups is 1. The SMILES string of the molecule is CC1(C)COC2(CCCC(=O)C2)OC1. The summed E-state index contributed by atoms with van der Waals surface area (Å²) in [6.45, 7) is 5.62. The lowest BCUT2D eigenvalue weighted by molar-refractivity contribution is -0.304. The molecule has 0 radical (unpaired) electrons. The fourth-order valence-corrected chi connectivity index (χ4v) is 2.02. The number of Topliss-reactive ketones (excluding diaryl/α,β-unsaturated/α-hetero) is 1. The quantitative estimate of drug-likeness (QED) is 0.596. The van der Waals surface area contributed by atoms with Crippen molar-refractivity contribution in [2.24, 2.45) is 5.41 Å². The topological polar surface area (TPSA) is 35.5 Å². The molecule has 0 bridgehead atoms. The molecular weight excluding hydrogens is 180 g/mol. The number of ether oxygens (including phenoxy) is 2. The van der Waals surface area contributed by atoms with Crippen molar-refractivity contribution >= 4 is 5.78 Å². The van der Waals surface area contributed by atoms with Crippen LogP contribution in [0.3, 0.4) is 0 Å². The summed E-state index contributed by atoms with van der Waals surface area (Å²) in [4.78, 5) is 11.3. The van der Waals surface area contributed by atoms with Crippen LogP contribution < -0.4 is 0 Å². The van der Waals surface area contributed by atoms with E-state index in [-0.39, 0.29) is 11.2 Å². The maximum atomic E-state index is 11.3. The third kappa shape index (κ3) is 1.98. The molecule has 2 aliphatic rings. The van der Waals surface area contributed by atoms with Gasteiger partial charge in [-0.2, -0.15) is 0 Å². The van der Waals surface area contributed by atoms with E-state index in [2.05, 4.69) is 13.8 Å². The lowest BCUT2D eigenvalue weighted by atomic mass is 9.89. The molecule has 0 amide bonds. The lowest BCUT2D eigenvalue weighted by Crippen LogP contribution is -2.50. The lowest BCUT2D eigenvalue weighted by Gasteiger charge is -2.44. The summed E-state index contributed by atoms with van der Waals surface area (Å²) >= 11 is 0. The average Bonchev–Trinajstić information content (AvgIpc) is 2.12. The average molecular weight is 198 g/mol. The molecule has 80 valence electrons. The summed E-state index contributed by atoms with van der Waals surface area (Å²) in [5.41, 5.74) is 0.0890. The second kappa shape index (κ2) is 3.31. The molecule has 2 rings (SSSR count). The van der Waals surface area contributed by atoms with Gasteiger partial charge in [0.25, 0.3) is 0 Å². The van der Waals surface area contributed by atoms with Crippen molar-refractivity contribution in [3.63, 3.8) is 0 Å². The van der Waals surface area contributed by atoms with Crippen LogP contribution in [0.4, 0.5) is 0 Å². The summed E-state index contributed by atoms with van der Waals surface area (Å²) < 4.78 is 11.5. The van der Waals surface area contributed by atoms with E-state index in [0.717, 1.165) is 12.8 Å². The molecule has 14 heavy (non-hydrogen) atoms. The normalized spacial score (nSPS) is 30.6. The number of carbonyl (C=O) groups excluding carboxylic acids is 1. The number of hydrogen-bond donors (Lipinski definition) is 0. The molecule has 1 aliphatic heterocycles. The van der Waals surface area contributed by atoms with Crippen LogP contribution in [0.1, 0.15) is 39.5 Å². The molecule has 0 unspecified atom stereocenters. The van der Waals surface area contributed by atoms with Gasteiger partial charge in [-0.05, 0) is 6.42 Å². The zero-order valence-electron chi connectivity index (χ0n) is 8.97. The molecule has 1 heterocycles. The Hall–Kier alpha value is -0.410. The second-order valence-corrected chi connectivity index (χ2v) is 5.22. The first kappa shape index (κ1) is 10.1. The molecule has 3 nitrogen and oxygen atoms in total. The van der Waals surface area contributed by atoms with Crippen LogP contribution >= 0.6 is 0 Å². The molecule has 1 aliphatic carbocycles. The summed E-state index contributed by atoms with van der Waals surface area (Å²) in [5, 5.41) is 0. The fourth-order valence-electron chi connectivity index (χ4n) is 2.02. The standard InChI is InChI=1S/C11H18O3/c1-10(2)7-13-11(14-8-10)5-3-4-9(12)6-11/h3-8H2,1-2H3. The molecule has 0 aromatic carbocycles. The van der Waals surface area contributed by atoms with Gasteiger partial charge in [-0.15, -0.1) is 0 Å². The van der Waals surface area contributed by atoms with Gasteiger partial charge in [0.05, 0.1) is 19.6 Å². The van der Waals surface area contributed by atoms with Gasteiger partial charge in [-0.1, -0.05) is 13.8 Å². The molecule has 0 N–H and O–H groups in total. The smallest absolute Gasteiger partial charge is 0.175 e. The highest BCUT2D eigenvalue weighted by Gasteiger charge is 2.43. The minimum absolute atomic E-state index is 0.0890. The fraction of sp³-hybridized carbons (Fsp3) is 0.909. The van der Waals surface area contributed by atoms with Crippen molar-refractivity contribution in [2.45, 2.75) is 45.3 Å². The predicted molar refractivity (Wildman–Crippen MR) is 51.9 cm³/mol. The summed E-state index contributed by atoms with van der Waals surface area (Å²) in [6.07, 6.45) is 2.91. The van der Waals surface area contributed by atoms with Gasteiger partial charge in [-0.25, -0.2) is 0 Å². The monoisotopic (exact) mass is 198 g/mol. The Morgan fingerprint density at radius 1 is 1.21 bits per heavy atom. The maximum Gasteiger partial charge on any atom is 0.175 e. The van der Waals surface area contributed by atoms with Gasteiger partial charge in [0.2, 0.25) is 0 Å². The highest BCUT2D eigenvalue weighted by atomic mass is 16.7. The molecular formula is C11H18O3. The van der Waals surface area contributed by atoms with Crippen LogP contribution in [0.25, 0.3) is 0 Å². The van der Waals surface area contributed by atoms with Gasteiger partial charge in [0, 0.05) is 18.3 Å². The number of ketones is 1. The van der Waals surface area contributed by atoms with Crippen LogP contribution in [0.2, 0.25) is 0 Å². The van der Waals surface area contributed by atoms with E-state index in [4.69, 9.17) is 9.47 Å². The Kier molecular flexibility index (Phi) is 2.40.